The number of rotatable bonds is 77. The summed E-state index contributed by atoms with van der Waals surface area (Å²) in [6, 6.07) is -0.538. The summed E-state index contributed by atoms with van der Waals surface area (Å²) < 4.78 is 5.50. The highest BCUT2D eigenvalue weighted by molar-refractivity contribution is 5.76. The van der Waals surface area contributed by atoms with Gasteiger partial charge in [0.05, 0.1) is 25.4 Å². The van der Waals surface area contributed by atoms with Crippen molar-refractivity contribution in [2.75, 3.05) is 13.2 Å². The third-order valence-electron chi connectivity index (χ3n) is 19.2. The Morgan fingerprint density at radius 2 is 0.534 bits per heavy atom. The number of carbonyl (C=O) groups excluding carboxylic acids is 2. The van der Waals surface area contributed by atoms with Crippen molar-refractivity contribution in [3.05, 3.63) is 24.3 Å². The van der Waals surface area contributed by atoms with Gasteiger partial charge in [-0.05, 0) is 77.0 Å². The Morgan fingerprint density at radius 1 is 0.307 bits per heavy atom. The van der Waals surface area contributed by atoms with E-state index in [1.165, 1.54) is 385 Å². The van der Waals surface area contributed by atoms with Crippen molar-refractivity contribution < 1.29 is 24.5 Å². The number of amides is 1. The Balaban J connectivity index is 3.31. The second kappa shape index (κ2) is 77.8. The molecule has 0 saturated heterocycles. The maximum Gasteiger partial charge on any atom is 0.305 e. The molecular formula is C82H159NO5. The lowest BCUT2D eigenvalue weighted by molar-refractivity contribution is -0.143. The van der Waals surface area contributed by atoms with Crippen LogP contribution in [0, 0.1) is 0 Å². The van der Waals surface area contributed by atoms with Crippen LogP contribution in [0.1, 0.15) is 463 Å². The number of aliphatic hydroxyl groups is 2. The number of unbranched alkanes of at least 4 members (excludes halogenated alkanes) is 62. The van der Waals surface area contributed by atoms with Crippen LogP contribution in [-0.4, -0.2) is 47.4 Å². The van der Waals surface area contributed by atoms with Gasteiger partial charge in [-0.3, -0.25) is 9.59 Å². The quantitative estimate of drug-likeness (QED) is 0.0320. The first kappa shape index (κ1) is 86.3. The fourth-order valence-corrected chi connectivity index (χ4v) is 13.0. The molecule has 2 atom stereocenters. The van der Waals surface area contributed by atoms with Gasteiger partial charge in [0.25, 0.3) is 0 Å². The van der Waals surface area contributed by atoms with Gasteiger partial charge < -0.3 is 20.3 Å². The molecule has 0 bridgehead atoms. The van der Waals surface area contributed by atoms with Gasteiger partial charge in [0.15, 0.2) is 0 Å². The second-order valence-corrected chi connectivity index (χ2v) is 28.1. The Labute approximate surface area is 551 Å². The van der Waals surface area contributed by atoms with Crippen molar-refractivity contribution in [1.29, 1.82) is 0 Å². The van der Waals surface area contributed by atoms with E-state index in [1.807, 2.05) is 0 Å². The Morgan fingerprint density at radius 3 is 0.807 bits per heavy atom. The fourth-order valence-electron chi connectivity index (χ4n) is 13.0. The van der Waals surface area contributed by atoms with Crippen molar-refractivity contribution in [1.82, 2.24) is 5.32 Å². The lowest BCUT2D eigenvalue weighted by atomic mass is 10.0. The number of allylic oxidation sites excluding steroid dienone is 4. The average molecular weight is 1240 g/mol. The molecule has 0 aliphatic heterocycles. The van der Waals surface area contributed by atoms with E-state index in [9.17, 15) is 19.8 Å². The van der Waals surface area contributed by atoms with Crippen LogP contribution < -0.4 is 5.32 Å². The normalized spacial score (nSPS) is 12.5. The molecule has 0 aliphatic carbocycles. The van der Waals surface area contributed by atoms with Crippen LogP contribution in [0.25, 0.3) is 0 Å². The van der Waals surface area contributed by atoms with Gasteiger partial charge >= 0.3 is 5.97 Å². The van der Waals surface area contributed by atoms with Gasteiger partial charge in [0.1, 0.15) is 0 Å². The van der Waals surface area contributed by atoms with Gasteiger partial charge in [0, 0.05) is 12.8 Å². The standard InChI is InChI=1S/C82H159NO5/c1-3-5-7-9-11-13-15-17-19-46-50-54-58-62-66-70-74-80(85)79(78-84)83-81(86)75-71-67-63-59-55-51-47-44-42-40-38-36-34-32-30-28-26-24-22-21-23-25-27-29-31-33-35-37-39-41-43-45-49-53-57-61-65-69-73-77-88-82(87)76-72-68-64-60-56-52-48-20-18-16-14-12-10-8-6-4-2/h20-22,48,79-80,84-85H,3-19,23-47,49-78H2,1-2H3,(H,83,86)/b22-21-,48-20-. The molecule has 6 heteroatoms. The maximum absolute atomic E-state index is 12.5. The zero-order valence-electron chi connectivity index (χ0n) is 60.0. The summed E-state index contributed by atoms with van der Waals surface area (Å²) in [5.74, 6) is -0.0106. The topological polar surface area (TPSA) is 95.9 Å². The van der Waals surface area contributed by atoms with E-state index in [0.717, 1.165) is 44.9 Å². The van der Waals surface area contributed by atoms with Crippen molar-refractivity contribution in [3.8, 4) is 0 Å². The van der Waals surface area contributed by atoms with Crippen molar-refractivity contribution in [3.63, 3.8) is 0 Å². The number of hydrogen-bond acceptors (Lipinski definition) is 5. The van der Waals surface area contributed by atoms with Gasteiger partial charge in [-0.2, -0.15) is 0 Å². The van der Waals surface area contributed by atoms with Crippen molar-refractivity contribution in [2.45, 2.75) is 475 Å². The minimum atomic E-state index is -0.661. The van der Waals surface area contributed by atoms with Gasteiger partial charge in [-0.25, -0.2) is 0 Å². The lowest BCUT2D eigenvalue weighted by Crippen LogP contribution is -2.45. The van der Waals surface area contributed by atoms with Crippen LogP contribution in [0.5, 0.6) is 0 Å². The maximum atomic E-state index is 12.5. The smallest absolute Gasteiger partial charge is 0.305 e. The summed E-state index contributed by atoms with van der Waals surface area (Å²) in [4.78, 5) is 24.6. The molecule has 1 amide bonds. The van der Waals surface area contributed by atoms with E-state index in [-0.39, 0.29) is 18.5 Å². The number of hydrogen-bond donors (Lipinski definition) is 3. The first-order valence-electron chi connectivity index (χ1n) is 40.6. The SMILES string of the molecule is CCCCCCCCC/C=C\CCCCCCCC(=O)OCCCCCCCCCCCCCCCCCCCC/C=C\CCCCCCCCCCCCCCCCCCCC(=O)NC(CO)C(O)CCCCCCCCCCCCCCCCCC. The molecule has 0 saturated carbocycles. The van der Waals surface area contributed by atoms with Gasteiger partial charge in [-0.1, -0.05) is 398 Å². The minimum Gasteiger partial charge on any atom is -0.466 e. The third kappa shape index (κ3) is 73.4. The molecule has 2 unspecified atom stereocenters. The molecule has 0 aromatic rings. The van der Waals surface area contributed by atoms with Crippen LogP contribution in [-0.2, 0) is 14.3 Å². The van der Waals surface area contributed by atoms with E-state index in [4.69, 9.17) is 4.74 Å². The average Bonchev–Trinajstić information content (AvgIpc) is 3.58. The van der Waals surface area contributed by atoms with Crippen LogP contribution >= 0.6 is 0 Å². The summed E-state index contributed by atoms with van der Waals surface area (Å²) in [6.45, 7) is 5.00. The predicted octanol–water partition coefficient (Wildman–Crippen LogP) is 26.8. The van der Waals surface area contributed by atoms with Crippen LogP contribution in [0.3, 0.4) is 0 Å². The van der Waals surface area contributed by atoms with Crippen LogP contribution in [0.15, 0.2) is 24.3 Å². The molecule has 0 aromatic carbocycles. The van der Waals surface area contributed by atoms with Crippen molar-refractivity contribution in [2.24, 2.45) is 0 Å². The molecule has 6 nitrogen and oxygen atoms in total. The van der Waals surface area contributed by atoms with E-state index in [2.05, 4.69) is 43.5 Å². The molecule has 522 valence electrons. The minimum absolute atomic E-state index is 0.0160. The highest BCUT2D eigenvalue weighted by atomic mass is 16.5. The Hall–Kier alpha value is -1.66. The second-order valence-electron chi connectivity index (χ2n) is 28.1. The largest absolute Gasteiger partial charge is 0.466 e. The van der Waals surface area contributed by atoms with E-state index >= 15 is 0 Å². The molecule has 0 aliphatic rings. The van der Waals surface area contributed by atoms with Crippen molar-refractivity contribution >= 4 is 11.9 Å². The molecule has 3 N–H and O–H groups in total. The van der Waals surface area contributed by atoms with Crippen LogP contribution in [0.4, 0.5) is 0 Å². The number of aliphatic hydroxyl groups excluding tert-OH is 2. The van der Waals surface area contributed by atoms with E-state index in [1.54, 1.807) is 0 Å². The third-order valence-corrected chi connectivity index (χ3v) is 19.2. The molecule has 0 fully saturated rings. The molecule has 0 spiro atoms. The highest BCUT2D eigenvalue weighted by Gasteiger charge is 2.20. The molecule has 0 heterocycles. The van der Waals surface area contributed by atoms with Gasteiger partial charge in [-0.15, -0.1) is 0 Å². The molecule has 0 rings (SSSR count). The summed E-state index contributed by atoms with van der Waals surface area (Å²) in [6.07, 6.45) is 100. The van der Waals surface area contributed by atoms with Gasteiger partial charge in [0.2, 0.25) is 5.91 Å². The summed E-state index contributed by atoms with van der Waals surface area (Å²) in [7, 11) is 0. The fraction of sp³-hybridized carbons (Fsp3) is 0.927. The van der Waals surface area contributed by atoms with E-state index in [0.29, 0.717) is 25.9 Å². The molecule has 0 radical (unpaired) electrons. The number of carbonyl (C=O) groups is 2. The number of esters is 1. The first-order valence-corrected chi connectivity index (χ1v) is 40.6. The molecule has 88 heavy (non-hydrogen) atoms. The summed E-state index contributed by atoms with van der Waals surface area (Å²) in [5.41, 5.74) is 0. The highest BCUT2D eigenvalue weighted by Crippen LogP contribution is 2.20. The molecular weight excluding hydrogens is 1080 g/mol. The number of ether oxygens (including phenoxy) is 1. The molecule has 0 aromatic heterocycles. The zero-order chi connectivity index (χ0) is 63.5. The first-order chi connectivity index (χ1) is 43.5. The monoisotopic (exact) mass is 1240 g/mol. The Bertz CT molecular complexity index is 1380. The number of nitrogens with one attached hydrogen (secondary N) is 1. The Kier molecular flexibility index (Phi) is 76.3. The summed E-state index contributed by atoms with van der Waals surface area (Å²) in [5, 5.41) is 23.4. The zero-order valence-corrected chi connectivity index (χ0v) is 60.0. The summed E-state index contributed by atoms with van der Waals surface area (Å²) >= 11 is 0. The predicted molar refractivity (Wildman–Crippen MR) is 389 cm³/mol. The van der Waals surface area contributed by atoms with Crippen LogP contribution in [0.2, 0.25) is 0 Å². The van der Waals surface area contributed by atoms with E-state index < -0.39 is 12.1 Å². The lowest BCUT2D eigenvalue weighted by Gasteiger charge is -2.22.